The third-order valence-electron chi connectivity index (χ3n) is 3.06. The minimum atomic E-state index is -0.148. The van der Waals surface area contributed by atoms with Crippen LogP contribution in [0.1, 0.15) is 42.7 Å². The summed E-state index contributed by atoms with van der Waals surface area (Å²) in [6.45, 7) is 2.03. The number of methoxy groups -OCH3 is 1. The van der Waals surface area contributed by atoms with Crippen LogP contribution >= 0.6 is 11.6 Å². The monoisotopic (exact) mass is 268 g/mol. The molecule has 0 saturated carbocycles. The lowest BCUT2D eigenvalue weighted by atomic mass is 9.92. The first-order valence-corrected chi connectivity index (χ1v) is 6.93. The normalized spacial score (nSPS) is 12.2. The summed E-state index contributed by atoms with van der Waals surface area (Å²) in [6, 6.07) is 8.07. The molecule has 0 heterocycles. The zero-order valence-corrected chi connectivity index (χ0v) is 11.9. The predicted octanol–water partition coefficient (Wildman–Crippen LogP) is 4.05. The van der Waals surface area contributed by atoms with Crippen molar-refractivity contribution in [1.29, 1.82) is 0 Å². The van der Waals surface area contributed by atoms with Gasteiger partial charge in [-0.15, -0.1) is 11.6 Å². The molecule has 0 amide bonds. The Kier molecular flexibility index (Phi) is 6.81. The van der Waals surface area contributed by atoms with Gasteiger partial charge in [-0.25, -0.2) is 0 Å². The summed E-state index contributed by atoms with van der Waals surface area (Å²) in [5, 5.41) is 0. The third-order valence-corrected chi connectivity index (χ3v) is 3.32. The number of hydrogen-bond acceptors (Lipinski definition) is 2. The van der Waals surface area contributed by atoms with Crippen molar-refractivity contribution in [3.8, 4) is 0 Å². The van der Waals surface area contributed by atoms with Crippen LogP contribution in [0, 0.1) is 6.92 Å². The van der Waals surface area contributed by atoms with Crippen LogP contribution in [0.3, 0.4) is 0 Å². The Morgan fingerprint density at radius 1 is 1.33 bits per heavy atom. The molecule has 2 nitrogen and oxygen atoms in total. The molecular formula is C15H21ClO2. The van der Waals surface area contributed by atoms with Crippen LogP contribution in [-0.4, -0.2) is 19.0 Å². The number of carbonyl (C=O) groups is 1. The van der Waals surface area contributed by atoms with Gasteiger partial charge in [-0.2, -0.15) is 0 Å². The molecule has 1 rings (SSSR count). The SMILES string of the molecule is COC(=O)C(CCCCCCl)c1cccc(C)c1. The highest BCUT2D eigenvalue weighted by molar-refractivity contribution is 6.17. The molecule has 0 N–H and O–H groups in total. The number of rotatable bonds is 7. The summed E-state index contributed by atoms with van der Waals surface area (Å²) < 4.78 is 4.90. The van der Waals surface area contributed by atoms with Crippen LogP contribution < -0.4 is 0 Å². The van der Waals surface area contributed by atoms with Gasteiger partial charge in [0.15, 0.2) is 0 Å². The number of halogens is 1. The van der Waals surface area contributed by atoms with Crippen molar-refractivity contribution in [2.24, 2.45) is 0 Å². The Balaban J connectivity index is 2.69. The standard InChI is InChI=1S/C15H21ClO2/c1-12-7-6-8-13(11-12)14(15(17)18-2)9-4-3-5-10-16/h6-8,11,14H,3-5,9-10H2,1-2H3. The van der Waals surface area contributed by atoms with Gasteiger partial charge < -0.3 is 4.74 Å². The fraction of sp³-hybridized carbons (Fsp3) is 0.533. The molecular weight excluding hydrogens is 248 g/mol. The molecule has 0 spiro atoms. The maximum absolute atomic E-state index is 11.8. The molecule has 1 unspecified atom stereocenters. The Bertz CT molecular complexity index is 377. The van der Waals surface area contributed by atoms with E-state index in [1.165, 1.54) is 12.7 Å². The molecule has 18 heavy (non-hydrogen) atoms. The van der Waals surface area contributed by atoms with Crippen molar-refractivity contribution in [2.75, 3.05) is 13.0 Å². The lowest BCUT2D eigenvalue weighted by Crippen LogP contribution is -2.14. The van der Waals surface area contributed by atoms with Gasteiger partial charge in [0.1, 0.15) is 0 Å². The van der Waals surface area contributed by atoms with Gasteiger partial charge in [0.25, 0.3) is 0 Å². The smallest absolute Gasteiger partial charge is 0.313 e. The molecule has 0 aliphatic heterocycles. The molecule has 0 radical (unpaired) electrons. The number of benzene rings is 1. The maximum atomic E-state index is 11.8. The maximum Gasteiger partial charge on any atom is 0.313 e. The average Bonchev–Trinajstić information content (AvgIpc) is 2.38. The van der Waals surface area contributed by atoms with Crippen LogP contribution in [0.2, 0.25) is 0 Å². The summed E-state index contributed by atoms with van der Waals surface area (Å²) in [6.07, 6.45) is 3.89. The van der Waals surface area contributed by atoms with Gasteiger partial charge in [0.05, 0.1) is 13.0 Å². The van der Waals surface area contributed by atoms with Gasteiger partial charge >= 0.3 is 5.97 Å². The molecule has 0 aliphatic carbocycles. The largest absolute Gasteiger partial charge is 0.469 e. The molecule has 0 bridgehead atoms. The Hall–Kier alpha value is -1.02. The number of ether oxygens (including phenoxy) is 1. The quantitative estimate of drug-likeness (QED) is 0.424. The average molecular weight is 269 g/mol. The van der Waals surface area contributed by atoms with Crippen molar-refractivity contribution in [1.82, 2.24) is 0 Å². The first-order valence-electron chi connectivity index (χ1n) is 6.39. The lowest BCUT2D eigenvalue weighted by Gasteiger charge is -2.15. The van der Waals surface area contributed by atoms with E-state index in [0.29, 0.717) is 5.88 Å². The van der Waals surface area contributed by atoms with E-state index in [1.54, 1.807) is 0 Å². The highest BCUT2D eigenvalue weighted by Gasteiger charge is 2.20. The van der Waals surface area contributed by atoms with Crippen LogP contribution in [0.25, 0.3) is 0 Å². The van der Waals surface area contributed by atoms with Gasteiger partial charge in [-0.05, 0) is 25.3 Å². The molecule has 0 fully saturated rings. The number of esters is 1. The van der Waals surface area contributed by atoms with E-state index in [2.05, 4.69) is 6.07 Å². The third kappa shape index (κ3) is 4.69. The Labute approximate surface area is 114 Å². The highest BCUT2D eigenvalue weighted by Crippen LogP contribution is 2.24. The minimum Gasteiger partial charge on any atom is -0.469 e. The highest BCUT2D eigenvalue weighted by atomic mass is 35.5. The van der Waals surface area contributed by atoms with E-state index < -0.39 is 0 Å². The van der Waals surface area contributed by atoms with Crippen LogP contribution in [0.15, 0.2) is 24.3 Å². The second-order valence-corrected chi connectivity index (χ2v) is 4.91. The van der Waals surface area contributed by atoms with Crippen molar-refractivity contribution >= 4 is 17.6 Å². The van der Waals surface area contributed by atoms with Gasteiger partial charge in [0.2, 0.25) is 0 Å². The fourth-order valence-electron chi connectivity index (χ4n) is 2.07. The lowest BCUT2D eigenvalue weighted by molar-refractivity contribution is -0.142. The molecule has 0 saturated heterocycles. The van der Waals surface area contributed by atoms with Gasteiger partial charge in [-0.1, -0.05) is 42.7 Å². The van der Waals surface area contributed by atoms with Crippen LogP contribution in [-0.2, 0) is 9.53 Å². The number of aryl methyl sites for hydroxylation is 1. The number of unbranched alkanes of at least 4 members (excludes halogenated alkanes) is 2. The van der Waals surface area contributed by atoms with E-state index in [4.69, 9.17) is 16.3 Å². The molecule has 1 aromatic rings. The van der Waals surface area contributed by atoms with Crippen molar-refractivity contribution in [2.45, 2.75) is 38.5 Å². The molecule has 3 heteroatoms. The molecule has 1 aromatic carbocycles. The molecule has 0 aliphatic rings. The van der Waals surface area contributed by atoms with Gasteiger partial charge in [0, 0.05) is 5.88 Å². The summed E-state index contributed by atoms with van der Waals surface area (Å²) in [7, 11) is 1.45. The predicted molar refractivity (Wildman–Crippen MR) is 75.1 cm³/mol. The Morgan fingerprint density at radius 3 is 2.72 bits per heavy atom. The first-order chi connectivity index (χ1) is 8.69. The Morgan fingerprint density at radius 2 is 2.11 bits per heavy atom. The molecule has 0 aromatic heterocycles. The number of alkyl halides is 1. The first kappa shape index (κ1) is 15.0. The van der Waals surface area contributed by atoms with E-state index >= 15 is 0 Å². The van der Waals surface area contributed by atoms with Crippen molar-refractivity contribution in [3.05, 3.63) is 35.4 Å². The summed E-state index contributed by atoms with van der Waals surface area (Å²) >= 11 is 5.65. The number of carbonyl (C=O) groups excluding carboxylic acids is 1. The van der Waals surface area contributed by atoms with Crippen LogP contribution in [0.4, 0.5) is 0 Å². The summed E-state index contributed by atoms with van der Waals surface area (Å²) in [5.41, 5.74) is 2.22. The topological polar surface area (TPSA) is 26.3 Å². The molecule has 100 valence electrons. The van der Waals surface area contributed by atoms with Crippen molar-refractivity contribution < 1.29 is 9.53 Å². The number of hydrogen-bond donors (Lipinski definition) is 0. The zero-order valence-electron chi connectivity index (χ0n) is 11.1. The van der Waals surface area contributed by atoms with E-state index in [9.17, 15) is 4.79 Å². The second-order valence-electron chi connectivity index (χ2n) is 4.53. The zero-order chi connectivity index (χ0) is 13.4. The second kappa shape index (κ2) is 8.15. The summed E-state index contributed by atoms with van der Waals surface area (Å²) in [5.74, 6) is 0.393. The van der Waals surface area contributed by atoms with Crippen LogP contribution in [0.5, 0.6) is 0 Å². The molecule has 1 atom stereocenters. The summed E-state index contributed by atoms with van der Waals surface area (Å²) in [4.78, 5) is 11.8. The van der Waals surface area contributed by atoms with Crippen molar-refractivity contribution in [3.63, 3.8) is 0 Å². The van der Waals surface area contributed by atoms with E-state index in [1.807, 2.05) is 25.1 Å². The fourth-order valence-corrected chi connectivity index (χ4v) is 2.26. The minimum absolute atomic E-state index is 0.147. The van der Waals surface area contributed by atoms with Gasteiger partial charge in [-0.3, -0.25) is 4.79 Å². The van der Waals surface area contributed by atoms with E-state index in [-0.39, 0.29) is 11.9 Å². The van der Waals surface area contributed by atoms with E-state index in [0.717, 1.165) is 31.2 Å².